The number of rotatable bonds is 5. The molecule has 0 saturated carbocycles. The van der Waals surface area contributed by atoms with Crippen molar-refractivity contribution in [1.82, 2.24) is 10.6 Å². The highest BCUT2D eigenvalue weighted by molar-refractivity contribution is 6.02. The summed E-state index contributed by atoms with van der Waals surface area (Å²) in [7, 11) is 1.29. The van der Waals surface area contributed by atoms with E-state index in [1.807, 2.05) is 0 Å². The van der Waals surface area contributed by atoms with Gasteiger partial charge in [-0.1, -0.05) is 0 Å². The van der Waals surface area contributed by atoms with Gasteiger partial charge in [0.2, 0.25) is 11.8 Å². The molecule has 1 atom stereocenters. The zero-order valence-corrected chi connectivity index (χ0v) is 12.6. The highest BCUT2D eigenvalue weighted by atomic mass is 19.3. The van der Waals surface area contributed by atoms with Crippen LogP contribution in [0.2, 0.25) is 0 Å². The number of urea groups is 1. The van der Waals surface area contributed by atoms with E-state index in [-0.39, 0.29) is 30.0 Å². The summed E-state index contributed by atoms with van der Waals surface area (Å²) in [4.78, 5) is 34.5. The molecule has 4 amide bonds. The zero-order chi connectivity index (χ0) is 17.7. The van der Waals surface area contributed by atoms with Crippen molar-refractivity contribution in [3.63, 3.8) is 0 Å². The molecule has 10 heteroatoms. The predicted molar refractivity (Wildman–Crippen MR) is 78.0 cm³/mol. The van der Waals surface area contributed by atoms with Gasteiger partial charge in [0, 0.05) is 18.2 Å². The van der Waals surface area contributed by atoms with Crippen LogP contribution in [0.5, 0.6) is 11.5 Å². The zero-order valence-electron chi connectivity index (χ0n) is 12.6. The van der Waals surface area contributed by atoms with E-state index >= 15 is 0 Å². The SMILES string of the molecule is COc1ccc(NC(=O)N[C@H]2CCC(=O)NC2=O)cc1OC(F)F. The number of ether oxygens (including phenoxy) is 2. The Hall–Kier alpha value is -2.91. The highest BCUT2D eigenvalue weighted by Gasteiger charge is 2.27. The normalized spacial score (nSPS) is 17.2. The Kier molecular flexibility index (Phi) is 5.51. The molecule has 3 N–H and O–H groups in total. The van der Waals surface area contributed by atoms with Gasteiger partial charge in [0.25, 0.3) is 0 Å². The van der Waals surface area contributed by atoms with E-state index in [0.29, 0.717) is 0 Å². The molecule has 130 valence electrons. The molecule has 2 rings (SSSR count). The number of alkyl halides is 2. The quantitative estimate of drug-likeness (QED) is 0.697. The second-order valence-corrected chi connectivity index (χ2v) is 4.85. The van der Waals surface area contributed by atoms with Crippen molar-refractivity contribution >= 4 is 23.5 Å². The first-order chi connectivity index (χ1) is 11.4. The molecular formula is C14H15F2N3O5. The highest BCUT2D eigenvalue weighted by Crippen LogP contribution is 2.31. The monoisotopic (exact) mass is 343 g/mol. The number of amides is 4. The van der Waals surface area contributed by atoms with E-state index in [4.69, 9.17) is 4.74 Å². The minimum absolute atomic E-state index is 0.0754. The van der Waals surface area contributed by atoms with Crippen molar-refractivity contribution in [1.29, 1.82) is 0 Å². The molecule has 0 aromatic heterocycles. The average Bonchev–Trinajstić information content (AvgIpc) is 2.50. The van der Waals surface area contributed by atoms with Gasteiger partial charge >= 0.3 is 12.6 Å². The van der Waals surface area contributed by atoms with Gasteiger partial charge in [-0.3, -0.25) is 14.9 Å². The van der Waals surface area contributed by atoms with E-state index in [1.54, 1.807) is 0 Å². The van der Waals surface area contributed by atoms with Gasteiger partial charge in [0.15, 0.2) is 11.5 Å². The lowest BCUT2D eigenvalue weighted by Gasteiger charge is -2.22. The number of methoxy groups -OCH3 is 1. The van der Waals surface area contributed by atoms with Crippen LogP contribution >= 0.6 is 0 Å². The van der Waals surface area contributed by atoms with Gasteiger partial charge < -0.3 is 20.1 Å². The van der Waals surface area contributed by atoms with Crippen LogP contribution in [0.4, 0.5) is 19.3 Å². The van der Waals surface area contributed by atoms with Crippen molar-refractivity contribution in [3.8, 4) is 11.5 Å². The third-order valence-electron chi connectivity index (χ3n) is 3.18. The molecule has 0 unspecified atom stereocenters. The molecule has 0 spiro atoms. The summed E-state index contributed by atoms with van der Waals surface area (Å²) in [5.74, 6) is -1.17. The number of piperidine rings is 1. The summed E-state index contributed by atoms with van der Waals surface area (Å²) in [5.41, 5.74) is 0.163. The number of nitrogens with one attached hydrogen (secondary N) is 3. The first-order valence-electron chi connectivity index (χ1n) is 6.93. The predicted octanol–water partition coefficient (Wildman–Crippen LogP) is 1.22. The Morgan fingerprint density at radius 2 is 2.08 bits per heavy atom. The standard InChI is InChI=1S/C14H15F2N3O5/c1-23-9-4-2-7(6-10(9)24-13(15)16)17-14(22)18-8-3-5-11(20)19-12(8)21/h2,4,6,8,13H,3,5H2,1H3,(H2,17,18,22)(H,19,20,21)/t8-/m0/s1. The lowest BCUT2D eigenvalue weighted by Crippen LogP contribution is -2.53. The third-order valence-corrected chi connectivity index (χ3v) is 3.18. The summed E-state index contributed by atoms with van der Waals surface area (Å²) in [5, 5.41) is 6.89. The first kappa shape index (κ1) is 17.4. The van der Waals surface area contributed by atoms with Crippen molar-refractivity contribution in [2.45, 2.75) is 25.5 Å². The Morgan fingerprint density at radius 1 is 1.33 bits per heavy atom. The van der Waals surface area contributed by atoms with E-state index in [0.717, 1.165) is 6.07 Å². The summed E-state index contributed by atoms with van der Waals surface area (Å²) in [6.45, 7) is -3.05. The van der Waals surface area contributed by atoms with Gasteiger partial charge in [0.1, 0.15) is 6.04 Å². The van der Waals surface area contributed by atoms with Gasteiger partial charge in [-0.05, 0) is 18.6 Å². The van der Waals surface area contributed by atoms with Crippen molar-refractivity contribution in [2.24, 2.45) is 0 Å². The Balaban J connectivity index is 2.00. The van der Waals surface area contributed by atoms with Crippen LogP contribution in [-0.4, -0.2) is 37.6 Å². The van der Waals surface area contributed by atoms with Crippen molar-refractivity contribution in [3.05, 3.63) is 18.2 Å². The van der Waals surface area contributed by atoms with E-state index in [9.17, 15) is 23.2 Å². The average molecular weight is 343 g/mol. The Bertz CT molecular complexity index is 653. The second kappa shape index (κ2) is 7.57. The number of carbonyl (C=O) groups is 3. The number of hydrogen-bond donors (Lipinski definition) is 3. The van der Waals surface area contributed by atoms with Crippen LogP contribution in [-0.2, 0) is 9.59 Å². The lowest BCUT2D eigenvalue weighted by molar-refractivity contribution is -0.134. The van der Waals surface area contributed by atoms with Gasteiger partial charge in [-0.2, -0.15) is 8.78 Å². The number of benzene rings is 1. The smallest absolute Gasteiger partial charge is 0.387 e. The fourth-order valence-corrected chi connectivity index (χ4v) is 2.10. The number of carbonyl (C=O) groups excluding carboxylic acids is 3. The van der Waals surface area contributed by atoms with Crippen LogP contribution in [0.1, 0.15) is 12.8 Å². The van der Waals surface area contributed by atoms with E-state index < -0.39 is 30.5 Å². The van der Waals surface area contributed by atoms with E-state index in [2.05, 4.69) is 20.7 Å². The largest absolute Gasteiger partial charge is 0.493 e. The molecule has 1 heterocycles. The van der Waals surface area contributed by atoms with Crippen LogP contribution in [0.25, 0.3) is 0 Å². The van der Waals surface area contributed by atoms with Crippen LogP contribution in [0.15, 0.2) is 18.2 Å². The molecule has 1 saturated heterocycles. The number of hydrogen-bond acceptors (Lipinski definition) is 5. The molecule has 1 aromatic rings. The van der Waals surface area contributed by atoms with Gasteiger partial charge in [-0.25, -0.2) is 4.79 Å². The number of halogens is 2. The maximum Gasteiger partial charge on any atom is 0.387 e. The minimum atomic E-state index is -3.05. The summed E-state index contributed by atoms with van der Waals surface area (Å²) >= 11 is 0. The molecule has 24 heavy (non-hydrogen) atoms. The third kappa shape index (κ3) is 4.54. The fraction of sp³-hybridized carbons (Fsp3) is 0.357. The molecule has 0 aliphatic carbocycles. The molecule has 1 fully saturated rings. The van der Waals surface area contributed by atoms with Crippen LogP contribution in [0.3, 0.4) is 0 Å². The number of imide groups is 1. The maximum absolute atomic E-state index is 12.4. The van der Waals surface area contributed by atoms with E-state index in [1.165, 1.54) is 19.2 Å². The van der Waals surface area contributed by atoms with Gasteiger partial charge in [0.05, 0.1) is 7.11 Å². The lowest BCUT2D eigenvalue weighted by atomic mass is 10.1. The van der Waals surface area contributed by atoms with Crippen LogP contribution in [0, 0.1) is 0 Å². The molecule has 0 radical (unpaired) electrons. The summed E-state index contributed by atoms with van der Waals surface area (Å²) < 4.78 is 33.9. The molecule has 1 aromatic carbocycles. The molecular weight excluding hydrogens is 328 g/mol. The van der Waals surface area contributed by atoms with Gasteiger partial charge in [-0.15, -0.1) is 0 Å². The fourth-order valence-electron chi connectivity index (χ4n) is 2.10. The minimum Gasteiger partial charge on any atom is -0.493 e. The maximum atomic E-state index is 12.4. The van der Waals surface area contributed by atoms with Crippen LogP contribution < -0.4 is 25.4 Å². The molecule has 0 bridgehead atoms. The second-order valence-electron chi connectivity index (χ2n) is 4.85. The summed E-state index contributed by atoms with van der Waals surface area (Å²) in [6.07, 6.45) is 0.298. The molecule has 1 aliphatic heterocycles. The molecule has 8 nitrogen and oxygen atoms in total. The van der Waals surface area contributed by atoms with Crippen molar-refractivity contribution in [2.75, 3.05) is 12.4 Å². The number of anilines is 1. The van der Waals surface area contributed by atoms with Crippen molar-refractivity contribution < 1.29 is 32.6 Å². The molecule has 1 aliphatic rings. The Labute approximate surface area is 135 Å². The Morgan fingerprint density at radius 3 is 2.71 bits per heavy atom. The summed E-state index contributed by atoms with van der Waals surface area (Å²) in [6, 6.07) is 2.35. The topological polar surface area (TPSA) is 106 Å². The first-order valence-corrected chi connectivity index (χ1v) is 6.93.